The minimum Gasteiger partial charge on any atom is -0.480 e. The van der Waals surface area contributed by atoms with E-state index in [0.717, 1.165) is 38.5 Å². The molecule has 0 aliphatic carbocycles. The molecule has 4 N–H and O–H groups in total. The number of carbonyl (C=O) groups excluding carboxylic acids is 1. The van der Waals surface area contributed by atoms with E-state index in [1.807, 2.05) is 0 Å². The normalized spacial score (nSPS) is 14.1. The maximum absolute atomic E-state index is 12.6. The van der Waals surface area contributed by atoms with Crippen LogP contribution in [0.15, 0.2) is 0 Å². The van der Waals surface area contributed by atoms with Crippen LogP contribution in [0.1, 0.15) is 187 Å². The van der Waals surface area contributed by atoms with Gasteiger partial charge in [0, 0.05) is 13.0 Å². The lowest BCUT2D eigenvalue weighted by molar-refractivity contribution is -0.154. The highest BCUT2D eigenvalue weighted by Crippen LogP contribution is 2.43. The molecule has 0 aromatic carbocycles. The fourth-order valence-electron chi connectivity index (χ4n) is 5.55. The van der Waals surface area contributed by atoms with Gasteiger partial charge in [-0.2, -0.15) is 0 Å². The van der Waals surface area contributed by atoms with Crippen LogP contribution >= 0.6 is 7.82 Å². The summed E-state index contributed by atoms with van der Waals surface area (Å²) in [7, 11) is -4.60. The van der Waals surface area contributed by atoms with Crippen LogP contribution in [-0.4, -0.2) is 60.5 Å². The standard InChI is InChI=1S/C37H74NO9P/c1-3-5-7-9-11-13-15-17-19-21-23-25-27-29-36(39)47-34(32-45-48(42,43)46-33-35(38)37(40)41)31-44-30-28-26-24-22-20-18-16-14-12-10-8-6-4-2/h34-35H,3-33,38H2,1-2H3,(H,40,41)(H,42,43). The van der Waals surface area contributed by atoms with Crippen molar-refractivity contribution in [2.45, 2.75) is 199 Å². The third kappa shape index (κ3) is 33.5. The highest BCUT2D eigenvalue weighted by molar-refractivity contribution is 7.47. The number of carbonyl (C=O) groups is 2. The Morgan fingerprint density at radius 1 is 0.583 bits per heavy atom. The molecule has 3 unspecified atom stereocenters. The predicted octanol–water partition coefficient (Wildman–Crippen LogP) is 10.0. The van der Waals surface area contributed by atoms with Gasteiger partial charge in [-0.1, -0.05) is 168 Å². The largest absolute Gasteiger partial charge is 0.480 e. The highest BCUT2D eigenvalue weighted by Gasteiger charge is 2.27. The Morgan fingerprint density at radius 3 is 1.38 bits per heavy atom. The zero-order valence-electron chi connectivity index (χ0n) is 30.9. The van der Waals surface area contributed by atoms with Crippen molar-refractivity contribution in [1.82, 2.24) is 0 Å². The van der Waals surface area contributed by atoms with E-state index in [-0.39, 0.29) is 13.0 Å². The molecule has 0 aromatic heterocycles. The fourth-order valence-corrected chi connectivity index (χ4v) is 6.32. The van der Waals surface area contributed by atoms with Crippen LogP contribution in [0.5, 0.6) is 0 Å². The van der Waals surface area contributed by atoms with Crippen LogP contribution in [0.25, 0.3) is 0 Å². The lowest BCUT2D eigenvalue weighted by Crippen LogP contribution is -2.34. The Hall–Kier alpha value is -1.03. The number of nitrogens with two attached hydrogens (primary N) is 1. The van der Waals surface area contributed by atoms with Crippen molar-refractivity contribution in [2.75, 3.05) is 26.4 Å². The van der Waals surface area contributed by atoms with Crippen LogP contribution in [0.2, 0.25) is 0 Å². The molecule has 0 spiro atoms. The Labute approximate surface area is 293 Å². The van der Waals surface area contributed by atoms with Crippen LogP contribution in [0.3, 0.4) is 0 Å². The second kappa shape index (κ2) is 34.4. The zero-order valence-corrected chi connectivity index (χ0v) is 31.7. The van der Waals surface area contributed by atoms with Crippen molar-refractivity contribution in [2.24, 2.45) is 5.73 Å². The Balaban J connectivity index is 4.26. The summed E-state index contributed by atoms with van der Waals surface area (Å²) in [6.45, 7) is 3.90. The number of carboxylic acid groups (broad SMARTS) is 1. The summed E-state index contributed by atoms with van der Waals surface area (Å²) in [5, 5.41) is 8.86. The third-order valence-electron chi connectivity index (χ3n) is 8.64. The molecule has 0 bridgehead atoms. The monoisotopic (exact) mass is 708 g/mol. The summed E-state index contributed by atoms with van der Waals surface area (Å²) >= 11 is 0. The lowest BCUT2D eigenvalue weighted by Gasteiger charge is -2.20. The van der Waals surface area contributed by atoms with Gasteiger partial charge in [0.15, 0.2) is 0 Å². The third-order valence-corrected chi connectivity index (χ3v) is 9.59. The zero-order chi connectivity index (χ0) is 35.6. The van der Waals surface area contributed by atoms with Crippen molar-refractivity contribution in [3.05, 3.63) is 0 Å². The van der Waals surface area contributed by atoms with Crippen molar-refractivity contribution in [3.63, 3.8) is 0 Å². The van der Waals surface area contributed by atoms with Gasteiger partial charge in [0.1, 0.15) is 12.1 Å². The Kier molecular flexibility index (Phi) is 33.7. The predicted molar refractivity (Wildman–Crippen MR) is 194 cm³/mol. The Bertz CT molecular complexity index is 786. The minimum absolute atomic E-state index is 0.0250. The van der Waals surface area contributed by atoms with Crippen molar-refractivity contribution < 1.29 is 42.7 Å². The van der Waals surface area contributed by atoms with Crippen LogP contribution in [-0.2, 0) is 32.7 Å². The molecule has 0 aliphatic heterocycles. The summed E-state index contributed by atoms with van der Waals surface area (Å²) in [5.41, 5.74) is 5.34. The SMILES string of the molecule is CCCCCCCCCCCCCCCOCC(COP(=O)(O)OCC(N)C(=O)O)OC(=O)CCCCCCCCCCCCCCC. The van der Waals surface area contributed by atoms with Crippen LogP contribution in [0.4, 0.5) is 0 Å². The van der Waals surface area contributed by atoms with E-state index in [1.54, 1.807) is 0 Å². The first-order valence-corrected chi connectivity index (χ1v) is 21.1. The molecule has 0 saturated carbocycles. The summed E-state index contributed by atoms with van der Waals surface area (Å²) in [6, 6.07) is -1.47. The molecular weight excluding hydrogens is 633 g/mol. The van der Waals surface area contributed by atoms with E-state index < -0.39 is 45.1 Å². The van der Waals surface area contributed by atoms with Crippen molar-refractivity contribution in [3.8, 4) is 0 Å². The number of unbranched alkanes of at least 4 members (excludes halogenated alkanes) is 24. The van der Waals surface area contributed by atoms with Gasteiger partial charge in [0.05, 0.1) is 19.8 Å². The van der Waals surface area contributed by atoms with E-state index in [0.29, 0.717) is 6.61 Å². The Morgan fingerprint density at radius 2 is 0.958 bits per heavy atom. The first-order chi connectivity index (χ1) is 23.2. The van der Waals surface area contributed by atoms with Gasteiger partial charge in [-0.25, -0.2) is 4.57 Å². The summed E-state index contributed by atoms with van der Waals surface area (Å²) in [5.74, 6) is -1.77. The number of esters is 1. The maximum atomic E-state index is 12.6. The van der Waals surface area contributed by atoms with Crippen molar-refractivity contribution >= 4 is 19.8 Å². The molecule has 0 aromatic rings. The number of hydrogen-bond acceptors (Lipinski definition) is 8. The van der Waals surface area contributed by atoms with Gasteiger partial charge in [-0.05, 0) is 12.8 Å². The number of carboxylic acids is 1. The topological polar surface area (TPSA) is 155 Å². The van der Waals surface area contributed by atoms with E-state index in [4.69, 9.17) is 29.4 Å². The van der Waals surface area contributed by atoms with Crippen LogP contribution in [0, 0.1) is 0 Å². The fraction of sp³-hybridized carbons (Fsp3) is 0.946. The van der Waals surface area contributed by atoms with Gasteiger partial charge < -0.3 is 25.2 Å². The minimum atomic E-state index is -4.60. The first kappa shape index (κ1) is 47.0. The summed E-state index contributed by atoms with van der Waals surface area (Å²) in [6.07, 6.45) is 31.5. The number of ether oxygens (including phenoxy) is 2. The first-order valence-electron chi connectivity index (χ1n) is 19.6. The highest BCUT2D eigenvalue weighted by atomic mass is 31.2. The number of phosphoric acid groups is 1. The molecule has 11 heteroatoms. The molecule has 286 valence electrons. The summed E-state index contributed by atoms with van der Waals surface area (Å²) < 4.78 is 33.2. The maximum Gasteiger partial charge on any atom is 0.472 e. The quantitative estimate of drug-likeness (QED) is 0.0321. The number of phosphoric ester groups is 1. The van der Waals surface area contributed by atoms with Gasteiger partial charge in [-0.15, -0.1) is 0 Å². The van der Waals surface area contributed by atoms with Gasteiger partial charge in [0.2, 0.25) is 0 Å². The molecule has 0 saturated heterocycles. The smallest absolute Gasteiger partial charge is 0.472 e. The molecule has 0 heterocycles. The second-order valence-corrected chi connectivity index (χ2v) is 14.9. The molecule has 48 heavy (non-hydrogen) atoms. The molecule has 0 amide bonds. The number of hydrogen-bond donors (Lipinski definition) is 3. The average molecular weight is 708 g/mol. The van der Waals surface area contributed by atoms with Gasteiger partial charge in [0.25, 0.3) is 0 Å². The summed E-state index contributed by atoms with van der Waals surface area (Å²) in [4.78, 5) is 33.4. The lowest BCUT2D eigenvalue weighted by atomic mass is 10.0. The van der Waals surface area contributed by atoms with E-state index in [1.165, 1.54) is 128 Å². The van der Waals surface area contributed by atoms with Gasteiger partial charge in [-0.3, -0.25) is 18.6 Å². The second-order valence-electron chi connectivity index (χ2n) is 13.4. The van der Waals surface area contributed by atoms with E-state index in [2.05, 4.69) is 13.8 Å². The van der Waals surface area contributed by atoms with E-state index >= 15 is 0 Å². The van der Waals surface area contributed by atoms with Crippen molar-refractivity contribution in [1.29, 1.82) is 0 Å². The number of aliphatic carboxylic acids is 1. The van der Waals surface area contributed by atoms with Crippen LogP contribution < -0.4 is 5.73 Å². The van der Waals surface area contributed by atoms with Gasteiger partial charge >= 0.3 is 19.8 Å². The van der Waals surface area contributed by atoms with E-state index in [9.17, 15) is 19.0 Å². The molecule has 0 radical (unpaired) electrons. The molecular formula is C37H74NO9P. The molecule has 0 aliphatic rings. The number of rotatable bonds is 38. The molecule has 0 fully saturated rings. The molecule has 10 nitrogen and oxygen atoms in total. The average Bonchev–Trinajstić information content (AvgIpc) is 3.06. The molecule has 0 rings (SSSR count). The molecule has 3 atom stereocenters.